The van der Waals surface area contributed by atoms with E-state index in [9.17, 15) is 14.0 Å². The lowest BCUT2D eigenvalue weighted by molar-refractivity contribution is -0.142. The Hall–Kier alpha value is -3.75. The summed E-state index contributed by atoms with van der Waals surface area (Å²) in [6.07, 6.45) is 0.336. The van der Waals surface area contributed by atoms with Gasteiger partial charge >= 0.3 is 0 Å². The lowest BCUT2D eigenvalue weighted by atomic mass is 10.0. The number of hydrogen-bond acceptors (Lipinski definition) is 5. The fraction of sp³-hybridized carbons (Fsp3) is 0.333. The van der Waals surface area contributed by atoms with Crippen LogP contribution in [0.25, 0.3) is 0 Å². The molecule has 1 saturated heterocycles. The minimum atomic E-state index is -0.779. The van der Waals surface area contributed by atoms with E-state index in [2.05, 4.69) is 10.2 Å². The van der Waals surface area contributed by atoms with Crippen LogP contribution >= 0.6 is 0 Å². The van der Waals surface area contributed by atoms with Crippen molar-refractivity contribution in [1.29, 1.82) is 0 Å². The number of rotatable bonds is 12. The van der Waals surface area contributed by atoms with Crippen LogP contribution in [0.1, 0.15) is 11.1 Å². The molecule has 8 heteroatoms. The molecule has 3 aromatic rings. The predicted molar refractivity (Wildman–Crippen MR) is 143 cm³/mol. The van der Waals surface area contributed by atoms with Gasteiger partial charge in [0.2, 0.25) is 5.91 Å². The largest absolute Gasteiger partial charge is 0.484 e. The molecular weight excluding hydrogens is 485 g/mol. The lowest BCUT2D eigenvalue weighted by Crippen LogP contribution is -2.52. The summed E-state index contributed by atoms with van der Waals surface area (Å²) in [5.74, 6) is -0.363. The molecule has 1 aliphatic rings. The van der Waals surface area contributed by atoms with E-state index in [0.29, 0.717) is 38.5 Å². The second kappa shape index (κ2) is 14.3. The number of para-hydroxylation sites is 1. The number of carbonyl (C=O) groups excluding carboxylic acids is 2. The smallest absolute Gasteiger partial charge is 0.261 e. The first kappa shape index (κ1) is 27.3. The molecule has 1 unspecified atom stereocenters. The first-order chi connectivity index (χ1) is 18.6. The van der Waals surface area contributed by atoms with Gasteiger partial charge in [0.1, 0.15) is 17.6 Å². The molecular formula is C30H34FN3O4. The molecule has 2 amide bonds. The second-order valence-corrected chi connectivity index (χ2v) is 9.20. The van der Waals surface area contributed by atoms with Crippen LogP contribution in [0.4, 0.5) is 4.39 Å². The van der Waals surface area contributed by atoms with Gasteiger partial charge in [-0.25, -0.2) is 4.39 Å². The van der Waals surface area contributed by atoms with Gasteiger partial charge in [-0.3, -0.25) is 14.5 Å². The molecule has 38 heavy (non-hydrogen) atoms. The fourth-order valence-corrected chi connectivity index (χ4v) is 4.36. The zero-order chi connectivity index (χ0) is 26.6. The zero-order valence-corrected chi connectivity index (χ0v) is 21.4. The van der Waals surface area contributed by atoms with Crippen molar-refractivity contribution in [3.05, 3.63) is 102 Å². The lowest BCUT2D eigenvalue weighted by Gasteiger charge is -2.32. The number of morpholine rings is 1. The highest BCUT2D eigenvalue weighted by molar-refractivity contribution is 5.88. The van der Waals surface area contributed by atoms with Gasteiger partial charge in [-0.15, -0.1) is 0 Å². The van der Waals surface area contributed by atoms with Gasteiger partial charge in [-0.05, 0) is 35.4 Å². The van der Waals surface area contributed by atoms with Crippen LogP contribution in [0.3, 0.4) is 0 Å². The summed E-state index contributed by atoms with van der Waals surface area (Å²) in [5.41, 5.74) is 1.65. The summed E-state index contributed by atoms with van der Waals surface area (Å²) < 4.78 is 24.7. The molecule has 4 rings (SSSR count). The van der Waals surface area contributed by atoms with Gasteiger partial charge in [0.25, 0.3) is 5.91 Å². The van der Waals surface area contributed by atoms with E-state index >= 15 is 0 Å². The maximum atomic E-state index is 13.6. The molecule has 0 bridgehead atoms. The van der Waals surface area contributed by atoms with Gasteiger partial charge in [0, 0.05) is 39.1 Å². The number of benzene rings is 3. The SMILES string of the molecule is O=C(NCCN1CCOCC1)C(Cc1ccccc1)N(Cc1ccc(F)cc1)C(=O)COc1ccccc1. The number of halogens is 1. The Morgan fingerprint density at radius 2 is 1.58 bits per heavy atom. The average molecular weight is 520 g/mol. The molecule has 1 N–H and O–H groups in total. The Labute approximate surface area is 223 Å². The van der Waals surface area contributed by atoms with Crippen LogP contribution in [0, 0.1) is 5.82 Å². The first-order valence-electron chi connectivity index (χ1n) is 12.9. The van der Waals surface area contributed by atoms with E-state index in [-0.39, 0.29) is 30.8 Å². The summed E-state index contributed by atoms with van der Waals surface area (Å²) in [6.45, 7) is 4.12. The highest BCUT2D eigenvalue weighted by atomic mass is 19.1. The summed E-state index contributed by atoms with van der Waals surface area (Å²) in [6, 6.07) is 23.9. The maximum Gasteiger partial charge on any atom is 0.261 e. The van der Waals surface area contributed by atoms with Gasteiger partial charge < -0.3 is 19.7 Å². The molecule has 1 fully saturated rings. The second-order valence-electron chi connectivity index (χ2n) is 9.20. The fourth-order valence-electron chi connectivity index (χ4n) is 4.36. The topological polar surface area (TPSA) is 71.1 Å². The van der Waals surface area contributed by atoms with Crippen LogP contribution in [-0.2, 0) is 27.3 Å². The minimum absolute atomic E-state index is 0.144. The number of amides is 2. The molecule has 0 aliphatic carbocycles. The van der Waals surface area contributed by atoms with E-state index in [1.807, 2.05) is 48.5 Å². The van der Waals surface area contributed by atoms with E-state index in [1.165, 1.54) is 17.0 Å². The van der Waals surface area contributed by atoms with Crippen molar-refractivity contribution in [1.82, 2.24) is 15.1 Å². The molecule has 3 aromatic carbocycles. The Morgan fingerprint density at radius 3 is 2.26 bits per heavy atom. The zero-order valence-electron chi connectivity index (χ0n) is 21.4. The van der Waals surface area contributed by atoms with Crippen molar-refractivity contribution in [3.8, 4) is 5.75 Å². The van der Waals surface area contributed by atoms with Crippen molar-refractivity contribution in [2.75, 3.05) is 46.0 Å². The van der Waals surface area contributed by atoms with E-state index in [0.717, 1.165) is 24.2 Å². The standard InChI is InChI=1S/C30H34FN3O4/c31-26-13-11-25(12-14-26)22-34(29(35)23-38-27-9-5-2-6-10-27)28(21-24-7-3-1-4-8-24)30(36)32-15-16-33-17-19-37-20-18-33/h1-14,28H,15-23H2,(H,32,36). The number of hydrogen-bond donors (Lipinski definition) is 1. The summed E-state index contributed by atoms with van der Waals surface area (Å²) in [5, 5.41) is 3.04. The molecule has 1 heterocycles. The number of nitrogens with one attached hydrogen (secondary N) is 1. The molecule has 1 atom stereocenters. The van der Waals surface area contributed by atoms with Gasteiger partial charge in [0.15, 0.2) is 6.61 Å². The molecule has 0 spiro atoms. The Kier molecular flexibility index (Phi) is 10.2. The van der Waals surface area contributed by atoms with Crippen molar-refractivity contribution in [2.45, 2.75) is 19.0 Å². The average Bonchev–Trinajstić information content (AvgIpc) is 2.96. The number of ether oxygens (including phenoxy) is 2. The normalized spacial score (nSPS) is 14.4. The van der Waals surface area contributed by atoms with Crippen LogP contribution in [0.5, 0.6) is 5.75 Å². The Morgan fingerprint density at radius 1 is 0.921 bits per heavy atom. The van der Waals surface area contributed by atoms with Crippen LogP contribution < -0.4 is 10.1 Å². The molecule has 1 aliphatic heterocycles. The first-order valence-corrected chi connectivity index (χ1v) is 12.9. The quantitative estimate of drug-likeness (QED) is 0.398. The van der Waals surface area contributed by atoms with E-state index in [4.69, 9.17) is 9.47 Å². The molecule has 0 saturated carbocycles. The molecule has 200 valence electrons. The maximum absolute atomic E-state index is 13.6. The van der Waals surface area contributed by atoms with Gasteiger partial charge in [-0.2, -0.15) is 0 Å². The van der Waals surface area contributed by atoms with Gasteiger partial charge in [0.05, 0.1) is 13.2 Å². The third-order valence-corrected chi connectivity index (χ3v) is 6.47. The Bertz CT molecular complexity index is 1140. The monoisotopic (exact) mass is 519 g/mol. The Balaban J connectivity index is 1.53. The molecule has 0 aromatic heterocycles. The summed E-state index contributed by atoms with van der Waals surface area (Å²) in [7, 11) is 0. The molecule has 0 radical (unpaired) electrons. The van der Waals surface area contributed by atoms with Crippen LogP contribution in [0.2, 0.25) is 0 Å². The van der Waals surface area contributed by atoms with Crippen molar-refractivity contribution in [2.24, 2.45) is 0 Å². The molecule has 7 nitrogen and oxygen atoms in total. The third kappa shape index (κ3) is 8.39. The highest BCUT2D eigenvalue weighted by Gasteiger charge is 2.30. The van der Waals surface area contributed by atoms with Crippen LogP contribution in [-0.4, -0.2) is 73.7 Å². The minimum Gasteiger partial charge on any atom is -0.484 e. The van der Waals surface area contributed by atoms with Crippen molar-refractivity contribution in [3.63, 3.8) is 0 Å². The number of carbonyl (C=O) groups is 2. The van der Waals surface area contributed by atoms with Crippen molar-refractivity contribution >= 4 is 11.8 Å². The van der Waals surface area contributed by atoms with Crippen LogP contribution in [0.15, 0.2) is 84.9 Å². The summed E-state index contributed by atoms with van der Waals surface area (Å²) >= 11 is 0. The van der Waals surface area contributed by atoms with Gasteiger partial charge in [-0.1, -0.05) is 60.7 Å². The third-order valence-electron chi connectivity index (χ3n) is 6.47. The summed E-state index contributed by atoms with van der Waals surface area (Å²) in [4.78, 5) is 31.0. The van der Waals surface area contributed by atoms with Crippen molar-refractivity contribution < 1.29 is 23.5 Å². The predicted octanol–water partition coefficient (Wildman–Crippen LogP) is 3.29. The van der Waals surface area contributed by atoms with E-state index < -0.39 is 6.04 Å². The van der Waals surface area contributed by atoms with E-state index in [1.54, 1.807) is 24.3 Å². The highest BCUT2D eigenvalue weighted by Crippen LogP contribution is 2.16. The number of nitrogens with zero attached hydrogens (tertiary/aromatic N) is 2.